The summed E-state index contributed by atoms with van der Waals surface area (Å²) in [5.41, 5.74) is 0. The van der Waals surface area contributed by atoms with E-state index in [1.807, 2.05) is 0 Å². The quantitative estimate of drug-likeness (QED) is 0.178. The van der Waals surface area contributed by atoms with E-state index in [9.17, 15) is 0 Å². The molecular formula is C28H54O3. The van der Waals surface area contributed by atoms with Crippen molar-refractivity contribution >= 4 is 0 Å². The van der Waals surface area contributed by atoms with Crippen LogP contribution in [0, 0.1) is 11.8 Å². The molecule has 3 heteroatoms. The molecule has 31 heavy (non-hydrogen) atoms. The molecule has 0 aromatic heterocycles. The lowest BCUT2D eigenvalue weighted by atomic mass is 9.80. The van der Waals surface area contributed by atoms with E-state index < -0.39 is 0 Å². The number of ether oxygens (including phenoxy) is 3. The van der Waals surface area contributed by atoms with Gasteiger partial charge in [-0.15, -0.1) is 0 Å². The molecule has 0 radical (unpaired) electrons. The van der Waals surface area contributed by atoms with Crippen LogP contribution in [0.15, 0.2) is 0 Å². The van der Waals surface area contributed by atoms with Gasteiger partial charge < -0.3 is 14.2 Å². The monoisotopic (exact) mass is 438 g/mol. The lowest BCUT2D eigenvalue weighted by Crippen LogP contribution is -2.63. The zero-order valence-corrected chi connectivity index (χ0v) is 21.5. The van der Waals surface area contributed by atoms with Gasteiger partial charge in [0.05, 0.1) is 13.2 Å². The number of unbranched alkanes of at least 4 members (excludes halogenated alkanes) is 8. The van der Waals surface area contributed by atoms with E-state index in [0.29, 0.717) is 11.8 Å². The molecular weight excluding hydrogens is 384 g/mol. The van der Waals surface area contributed by atoms with Crippen LogP contribution in [0.1, 0.15) is 143 Å². The first-order chi connectivity index (χ1) is 15.2. The van der Waals surface area contributed by atoms with Crippen molar-refractivity contribution in [2.45, 2.75) is 155 Å². The van der Waals surface area contributed by atoms with Crippen molar-refractivity contribution in [2.75, 3.05) is 13.2 Å². The van der Waals surface area contributed by atoms with Crippen molar-refractivity contribution < 1.29 is 14.2 Å². The predicted octanol–water partition coefficient (Wildman–Crippen LogP) is 8.79. The van der Waals surface area contributed by atoms with Crippen molar-refractivity contribution in [1.82, 2.24) is 0 Å². The molecule has 3 nitrogen and oxygen atoms in total. The molecule has 0 aromatic carbocycles. The molecule has 4 atom stereocenters. The molecule has 0 amide bonds. The standard InChI is InChI=1S/C28H54O3/c1-5-9-13-15-19-25(17-11-7-3)27(21-23-29-27)31-28(22-24-30-28)26(18-12-8-4)20-16-14-10-6-2/h25-26H,5-24H2,1-4H3. The highest BCUT2D eigenvalue weighted by molar-refractivity contribution is 4.94. The Morgan fingerprint density at radius 1 is 0.548 bits per heavy atom. The molecule has 0 N–H and O–H groups in total. The third-order valence-electron chi connectivity index (χ3n) is 7.81. The van der Waals surface area contributed by atoms with Crippen molar-refractivity contribution in [1.29, 1.82) is 0 Å². The minimum absolute atomic E-state index is 0.379. The largest absolute Gasteiger partial charge is 0.349 e. The van der Waals surface area contributed by atoms with Crippen LogP contribution in [0.3, 0.4) is 0 Å². The highest BCUT2D eigenvalue weighted by Crippen LogP contribution is 2.50. The molecule has 0 bridgehead atoms. The maximum absolute atomic E-state index is 7.09. The molecule has 2 saturated heterocycles. The summed E-state index contributed by atoms with van der Waals surface area (Å²) in [6.45, 7) is 10.9. The summed E-state index contributed by atoms with van der Waals surface area (Å²) >= 11 is 0. The van der Waals surface area contributed by atoms with E-state index in [0.717, 1.165) is 26.1 Å². The van der Waals surface area contributed by atoms with E-state index in [-0.39, 0.29) is 11.6 Å². The third kappa shape index (κ3) is 8.00. The Kier molecular flexibility index (Phi) is 13.0. The van der Waals surface area contributed by atoms with Gasteiger partial charge in [-0.05, 0) is 25.7 Å². The summed E-state index contributed by atoms with van der Waals surface area (Å²) in [5.74, 6) is 0.280. The van der Waals surface area contributed by atoms with Crippen LogP contribution in [-0.2, 0) is 14.2 Å². The lowest BCUT2D eigenvalue weighted by molar-refractivity contribution is -0.457. The van der Waals surface area contributed by atoms with E-state index in [4.69, 9.17) is 14.2 Å². The average Bonchev–Trinajstić information content (AvgIpc) is 2.72. The normalized spacial score (nSPS) is 27.5. The smallest absolute Gasteiger partial charge is 0.176 e. The van der Waals surface area contributed by atoms with Crippen LogP contribution in [0.4, 0.5) is 0 Å². The molecule has 4 unspecified atom stereocenters. The average molecular weight is 439 g/mol. The van der Waals surface area contributed by atoms with Crippen LogP contribution >= 0.6 is 0 Å². The summed E-state index contributed by atoms with van der Waals surface area (Å²) in [4.78, 5) is 0. The molecule has 2 aliphatic rings. The first-order valence-corrected chi connectivity index (χ1v) is 14.1. The highest BCUT2D eigenvalue weighted by Gasteiger charge is 2.56. The fourth-order valence-corrected chi connectivity index (χ4v) is 5.57. The summed E-state index contributed by atoms with van der Waals surface area (Å²) in [6, 6.07) is 0. The summed E-state index contributed by atoms with van der Waals surface area (Å²) in [7, 11) is 0. The van der Waals surface area contributed by atoms with Crippen LogP contribution in [0.25, 0.3) is 0 Å². The second kappa shape index (κ2) is 14.9. The highest BCUT2D eigenvalue weighted by atomic mass is 16.8. The molecule has 2 rings (SSSR count). The van der Waals surface area contributed by atoms with Gasteiger partial charge in [-0.25, -0.2) is 0 Å². The molecule has 0 spiro atoms. The van der Waals surface area contributed by atoms with Gasteiger partial charge in [-0.2, -0.15) is 0 Å². The topological polar surface area (TPSA) is 27.7 Å². The summed E-state index contributed by atoms with van der Waals surface area (Å²) < 4.78 is 19.8. The Morgan fingerprint density at radius 3 is 1.19 bits per heavy atom. The number of rotatable bonds is 20. The Morgan fingerprint density at radius 2 is 0.903 bits per heavy atom. The van der Waals surface area contributed by atoms with E-state index in [1.54, 1.807) is 0 Å². The van der Waals surface area contributed by atoms with Gasteiger partial charge >= 0.3 is 0 Å². The van der Waals surface area contributed by atoms with Gasteiger partial charge in [0.2, 0.25) is 0 Å². The van der Waals surface area contributed by atoms with Gasteiger partial charge in [0.25, 0.3) is 0 Å². The predicted molar refractivity (Wildman–Crippen MR) is 131 cm³/mol. The van der Waals surface area contributed by atoms with E-state index >= 15 is 0 Å². The Labute approximate surface area is 194 Å². The molecule has 0 saturated carbocycles. The SMILES string of the molecule is CCCCCCC(CCCC)C1(OC2(C(CCCC)CCCCCC)CCO2)CCO1. The molecule has 2 heterocycles. The van der Waals surface area contributed by atoms with Crippen molar-refractivity contribution in [3.05, 3.63) is 0 Å². The Balaban J connectivity index is 2.08. The molecule has 184 valence electrons. The first-order valence-electron chi connectivity index (χ1n) is 14.1. The second-order valence-corrected chi connectivity index (χ2v) is 10.3. The van der Waals surface area contributed by atoms with Crippen molar-refractivity contribution in [3.8, 4) is 0 Å². The van der Waals surface area contributed by atoms with Crippen LogP contribution in [0.5, 0.6) is 0 Å². The fourth-order valence-electron chi connectivity index (χ4n) is 5.57. The van der Waals surface area contributed by atoms with Crippen molar-refractivity contribution in [3.63, 3.8) is 0 Å². The summed E-state index contributed by atoms with van der Waals surface area (Å²) in [6.07, 6.45) is 22.7. The lowest BCUT2D eigenvalue weighted by Gasteiger charge is -2.57. The van der Waals surface area contributed by atoms with Crippen LogP contribution in [0.2, 0.25) is 0 Å². The first kappa shape index (κ1) is 27.1. The fraction of sp³-hybridized carbons (Fsp3) is 1.00. The van der Waals surface area contributed by atoms with Crippen molar-refractivity contribution in [2.24, 2.45) is 11.8 Å². The van der Waals surface area contributed by atoms with E-state index in [2.05, 4.69) is 27.7 Å². The zero-order valence-electron chi connectivity index (χ0n) is 21.5. The Hall–Kier alpha value is -0.120. The second-order valence-electron chi connectivity index (χ2n) is 10.3. The van der Waals surface area contributed by atoms with Gasteiger partial charge in [0.15, 0.2) is 11.6 Å². The zero-order chi connectivity index (χ0) is 22.4. The molecule has 2 fully saturated rings. The van der Waals surface area contributed by atoms with Gasteiger partial charge in [-0.1, -0.05) is 105 Å². The Bertz CT molecular complexity index is 402. The van der Waals surface area contributed by atoms with Crippen LogP contribution in [-0.4, -0.2) is 24.8 Å². The maximum Gasteiger partial charge on any atom is 0.176 e. The minimum Gasteiger partial charge on any atom is -0.349 e. The van der Waals surface area contributed by atoms with Gasteiger partial charge in [0.1, 0.15) is 0 Å². The maximum atomic E-state index is 7.09. The summed E-state index contributed by atoms with van der Waals surface area (Å²) in [5, 5.41) is 0. The third-order valence-corrected chi connectivity index (χ3v) is 7.81. The molecule has 2 aliphatic heterocycles. The number of hydrogen-bond acceptors (Lipinski definition) is 3. The minimum atomic E-state index is -0.379. The van der Waals surface area contributed by atoms with Gasteiger partial charge in [-0.3, -0.25) is 0 Å². The van der Waals surface area contributed by atoms with Gasteiger partial charge in [0, 0.05) is 24.7 Å². The molecule has 0 aliphatic carbocycles. The van der Waals surface area contributed by atoms with Crippen LogP contribution < -0.4 is 0 Å². The number of hydrogen-bond donors (Lipinski definition) is 0. The van der Waals surface area contributed by atoms with E-state index in [1.165, 1.54) is 103 Å². The molecule has 0 aromatic rings.